The lowest BCUT2D eigenvalue weighted by molar-refractivity contribution is -0.205. The number of hydroxylamine groups is 1. The molecule has 4 aliphatic carbocycles. The first-order chi connectivity index (χ1) is 10.5. The van der Waals surface area contributed by atoms with Crippen LogP contribution in [0.3, 0.4) is 0 Å². The molecule has 5 nitrogen and oxygen atoms in total. The Bertz CT molecular complexity index is 432. The second kappa shape index (κ2) is 5.46. The van der Waals surface area contributed by atoms with Crippen molar-refractivity contribution in [2.75, 3.05) is 6.61 Å². The van der Waals surface area contributed by atoms with Crippen molar-refractivity contribution in [3.05, 3.63) is 0 Å². The van der Waals surface area contributed by atoms with Gasteiger partial charge in [-0.3, -0.25) is 4.79 Å². The summed E-state index contributed by atoms with van der Waals surface area (Å²) < 4.78 is 5.46. The van der Waals surface area contributed by atoms with Crippen LogP contribution in [-0.2, 0) is 14.4 Å². The van der Waals surface area contributed by atoms with E-state index in [-0.39, 0.29) is 17.6 Å². The van der Waals surface area contributed by atoms with Gasteiger partial charge in [-0.25, -0.2) is 10.3 Å². The van der Waals surface area contributed by atoms with Gasteiger partial charge in [-0.15, -0.1) is 0 Å². The molecule has 22 heavy (non-hydrogen) atoms. The lowest BCUT2D eigenvalue weighted by Crippen LogP contribution is -2.56. The van der Waals surface area contributed by atoms with Crippen molar-refractivity contribution in [3.8, 4) is 0 Å². The van der Waals surface area contributed by atoms with Crippen LogP contribution >= 0.6 is 0 Å². The number of hydrogen-bond acceptors (Lipinski definition) is 4. The lowest BCUT2D eigenvalue weighted by atomic mass is 9.47. The molecule has 5 aliphatic rings. The Labute approximate surface area is 131 Å². The summed E-state index contributed by atoms with van der Waals surface area (Å²) in [5.41, 5.74) is 2.09. The summed E-state index contributed by atoms with van der Waals surface area (Å²) in [7, 11) is 0. The van der Waals surface area contributed by atoms with Gasteiger partial charge in [0, 0.05) is 19.4 Å². The topological polar surface area (TPSA) is 67.8 Å². The number of aliphatic hydroxyl groups is 1. The van der Waals surface area contributed by atoms with E-state index < -0.39 is 5.60 Å². The average Bonchev–Trinajstić information content (AvgIpc) is 2.43. The smallest absolute Gasteiger partial charge is 0.244 e. The van der Waals surface area contributed by atoms with E-state index in [1.165, 1.54) is 6.42 Å². The van der Waals surface area contributed by atoms with Gasteiger partial charge < -0.3 is 9.84 Å². The van der Waals surface area contributed by atoms with Crippen LogP contribution in [0.2, 0.25) is 0 Å². The highest BCUT2D eigenvalue weighted by atomic mass is 16.8. The number of hydrogen-bond donors (Lipinski definition) is 2. The highest BCUT2D eigenvalue weighted by molar-refractivity contribution is 5.75. The van der Waals surface area contributed by atoms with Crippen molar-refractivity contribution in [3.63, 3.8) is 0 Å². The quantitative estimate of drug-likeness (QED) is 0.782. The third-order valence-electron chi connectivity index (χ3n) is 6.13. The molecule has 0 aromatic heterocycles. The van der Waals surface area contributed by atoms with Crippen molar-refractivity contribution in [1.82, 2.24) is 5.48 Å². The van der Waals surface area contributed by atoms with Gasteiger partial charge in [-0.2, -0.15) is 0 Å². The molecule has 2 N–H and O–H groups in total. The van der Waals surface area contributed by atoms with E-state index in [9.17, 15) is 9.90 Å². The van der Waals surface area contributed by atoms with Crippen LogP contribution in [0, 0.1) is 17.3 Å². The molecule has 3 atom stereocenters. The standard InChI is InChI=1S/C17H27NO4/c19-14(18-22-15-3-1-2-4-21-15)10-16-6-12-5-13(7-16)9-17(20,8-12)11-16/h12-13,15,20H,1-11H2,(H,18,19). The van der Waals surface area contributed by atoms with E-state index in [0.717, 1.165) is 51.4 Å². The summed E-state index contributed by atoms with van der Waals surface area (Å²) in [6.07, 6.45) is 9.30. The Morgan fingerprint density at radius 3 is 2.64 bits per heavy atom. The number of ether oxygens (including phenoxy) is 1. The van der Waals surface area contributed by atoms with E-state index in [1.54, 1.807) is 0 Å². The second-order valence-electron chi connectivity index (χ2n) is 8.30. The molecule has 1 heterocycles. The van der Waals surface area contributed by atoms with Gasteiger partial charge in [-0.05, 0) is 68.6 Å². The number of carbonyl (C=O) groups is 1. The molecular weight excluding hydrogens is 282 g/mol. The minimum Gasteiger partial charge on any atom is -0.390 e. The molecule has 3 unspecified atom stereocenters. The fourth-order valence-corrected chi connectivity index (χ4v) is 5.92. The van der Waals surface area contributed by atoms with E-state index >= 15 is 0 Å². The minimum atomic E-state index is -0.502. The van der Waals surface area contributed by atoms with Gasteiger partial charge in [-0.1, -0.05) is 0 Å². The molecule has 0 aromatic carbocycles. The van der Waals surface area contributed by atoms with Crippen LogP contribution in [0.5, 0.6) is 0 Å². The van der Waals surface area contributed by atoms with E-state index in [2.05, 4.69) is 5.48 Å². The van der Waals surface area contributed by atoms with Crippen molar-refractivity contribution in [1.29, 1.82) is 0 Å². The minimum absolute atomic E-state index is 0.000299. The van der Waals surface area contributed by atoms with Gasteiger partial charge in [0.25, 0.3) is 0 Å². The van der Waals surface area contributed by atoms with Crippen molar-refractivity contribution >= 4 is 5.91 Å². The summed E-state index contributed by atoms with van der Waals surface area (Å²) >= 11 is 0. The van der Waals surface area contributed by atoms with Gasteiger partial charge in [0.05, 0.1) is 5.60 Å². The Morgan fingerprint density at radius 2 is 2.00 bits per heavy atom. The molecule has 124 valence electrons. The predicted molar refractivity (Wildman–Crippen MR) is 79.5 cm³/mol. The molecule has 1 amide bonds. The fourth-order valence-electron chi connectivity index (χ4n) is 5.92. The molecule has 5 heteroatoms. The number of carbonyl (C=O) groups excluding carboxylic acids is 1. The number of amides is 1. The van der Waals surface area contributed by atoms with E-state index in [1.807, 2.05) is 0 Å². The van der Waals surface area contributed by atoms with Crippen molar-refractivity contribution < 1.29 is 19.5 Å². The molecule has 0 radical (unpaired) electrons. The van der Waals surface area contributed by atoms with Crippen molar-refractivity contribution in [2.24, 2.45) is 17.3 Å². The third-order valence-corrected chi connectivity index (χ3v) is 6.13. The Morgan fingerprint density at radius 1 is 1.23 bits per heavy atom. The largest absolute Gasteiger partial charge is 0.390 e. The van der Waals surface area contributed by atoms with Crippen LogP contribution in [0.25, 0.3) is 0 Å². The summed E-state index contributed by atoms with van der Waals surface area (Å²) in [4.78, 5) is 17.7. The van der Waals surface area contributed by atoms with Crippen LogP contribution in [0.1, 0.15) is 64.2 Å². The second-order valence-corrected chi connectivity index (χ2v) is 8.30. The molecule has 0 aromatic rings. The van der Waals surface area contributed by atoms with Gasteiger partial charge in [0.2, 0.25) is 5.91 Å². The van der Waals surface area contributed by atoms with E-state index in [4.69, 9.17) is 9.57 Å². The molecule has 1 saturated heterocycles. The first kappa shape index (κ1) is 14.9. The molecule has 0 spiro atoms. The molecular formula is C17H27NO4. The third kappa shape index (κ3) is 2.91. The monoisotopic (exact) mass is 309 g/mol. The maximum absolute atomic E-state index is 12.3. The first-order valence-electron chi connectivity index (χ1n) is 8.83. The summed E-state index contributed by atoms with van der Waals surface area (Å²) in [6.45, 7) is 0.709. The average molecular weight is 309 g/mol. The summed E-state index contributed by atoms with van der Waals surface area (Å²) in [5, 5.41) is 10.7. The Balaban J connectivity index is 1.33. The molecule has 5 fully saturated rings. The van der Waals surface area contributed by atoms with Gasteiger partial charge in [0.15, 0.2) is 6.29 Å². The Hall–Kier alpha value is -0.650. The van der Waals surface area contributed by atoms with Crippen LogP contribution in [0.4, 0.5) is 0 Å². The molecule has 4 bridgehead atoms. The van der Waals surface area contributed by atoms with Crippen LogP contribution in [0.15, 0.2) is 0 Å². The highest BCUT2D eigenvalue weighted by Gasteiger charge is 2.57. The lowest BCUT2D eigenvalue weighted by Gasteiger charge is -2.60. The number of nitrogens with one attached hydrogen (secondary N) is 1. The molecule has 5 rings (SSSR count). The SMILES string of the molecule is O=C(CC12CC3CC(CC(O)(C3)C1)C2)NOC1CCCCO1. The van der Waals surface area contributed by atoms with Crippen molar-refractivity contribution in [2.45, 2.75) is 76.1 Å². The van der Waals surface area contributed by atoms with Gasteiger partial charge >= 0.3 is 0 Å². The number of rotatable bonds is 4. The zero-order valence-corrected chi connectivity index (χ0v) is 13.2. The van der Waals surface area contributed by atoms with Crippen LogP contribution < -0.4 is 5.48 Å². The normalized spacial score (nSPS) is 46.7. The van der Waals surface area contributed by atoms with E-state index in [0.29, 0.717) is 24.9 Å². The zero-order chi connectivity index (χ0) is 15.2. The Kier molecular flexibility index (Phi) is 3.70. The maximum Gasteiger partial charge on any atom is 0.244 e. The predicted octanol–water partition coefficient (Wildman–Crippen LogP) is 2.28. The zero-order valence-electron chi connectivity index (χ0n) is 13.2. The maximum atomic E-state index is 12.3. The first-order valence-corrected chi connectivity index (χ1v) is 8.83. The van der Waals surface area contributed by atoms with Crippen LogP contribution in [-0.4, -0.2) is 29.5 Å². The summed E-state index contributed by atoms with van der Waals surface area (Å²) in [6, 6.07) is 0. The highest BCUT2D eigenvalue weighted by Crippen LogP contribution is 2.62. The molecule has 4 saturated carbocycles. The fraction of sp³-hybridized carbons (Fsp3) is 0.941. The summed E-state index contributed by atoms with van der Waals surface area (Å²) in [5.74, 6) is 1.17. The van der Waals surface area contributed by atoms with Gasteiger partial charge in [0.1, 0.15) is 0 Å². The molecule has 1 aliphatic heterocycles.